The molecule has 5 nitrogen and oxygen atoms in total. The van der Waals surface area contributed by atoms with Crippen LogP contribution in [0, 0.1) is 6.92 Å². The van der Waals surface area contributed by atoms with Crippen molar-refractivity contribution in [1.29, 1.82) is 0 Å². The average Bonchev–Trinajstić information content (AvgIpc) is 2.85. The number of nitrogens with zero attached hydrogens (tertiary/aromatic N) is 2. The molecule has 1 aliphatic carbocycles. The Bertz CT molecular complexity index is 1310. The maximum atomic E-state index is 12.8. The minimum Gasteiger partial charge on any atom is -0.294 e. The number of hydrogen-bond donors (Lipinski definition) is 1. The number of aromatic nitrogens is 2. The van der Waals surface area contributed by atoms with Crippen LogP contribution in [-0.2, 0) is 6.42 Å². The lowest BCUT2D eigenvalue weighted by molar-refractivity contribution is 0.0962. The molecular weight excluding hydrogens is 410 g/mol. The first-order valence-electron chi connectivity index (χ1n) is 11.0. The van der Waals surface area contributed by atoms with Crippen molar-refractivity contribution in [3.05, 3.63) is 113 Å². The Balaban J connectivity index is 1.33. The Kier molecular flexibility index (Phi) is 5.53. The molecule has 3 aromatic carbocycles. The highest BCUT2D eigenvalue weighted by Crippen LogP contribution is 2.32. The Morgan fingerprint density at radius 3 is 2.30 bits per heavy atom. The summed E-state index contributed by atoms with van der Waals surface area (Å²) in [7, 11) is 0. The highest BCUT2D eigenvalue weighted by atomic mass is 16.1. The summed E-state index contributed by atoms with van der Waals surface area (Å²) in [5.74, 6) is 0.0424. The van der Waals surface area contributed by atoms with E-state index in [0.29, 0.717) is 29.7 Å². The first-order valence-corrected chi connectivity index (χ1v) is 11.0. The molecule has 1 N–H and O–H groups in total. The second-order valence-electron chi connectivity index (χ2n) is 8.39. The van der Waals surface area contributed by atoms with Gasteiger partial charge in [-0.1, -0.05) is 72.3 Å². The molecule has 5 rings (SSSR count). The Morgan fingerprint density at radius 2 is 1.58 bits per heavy atom. The van der Waals surface area contributed by atoms with Crippen LogP contribution in [0.5, 0.6) is 0 Å². The summed E-state index contributed by atoms with van der Waals surface area (Å²) in [5.41, 5.74) is 6.19. The van der Waals surface area contributed by atoms with Crippen molar-refractivity contribution in [3.63, 3.8) is 0 Å². The van der Waals surface area contributed by atoms with Crippen molar-refractivity contribution >= 4 is 17.6 Å². The monoisotopic (exact) mass is 433 g/mol. The number of anilines is 1. The molecule has 1 aromatic heterocycles. The summed E-state index contributed by atoms with van der Waals surface area (Å²) in [4.78, 5) is 34.2. The van der Waals surface area contributed by atoms with Crippen molar-refractivity contribution in [2.45, 2.75) is 25.7 Å². The number of nitrogens with one attached hydrogen (secondary N) is 1. The normalized spacial score (nSPS) is 15.1. The van der Waals surface area contributed by atoms with Crippen molar-refractivity contribution in [3.8, 4) is 11.1 Å². The van der Waals surface area contributed by atoms with Crippen LogP contribution in [0.25, 0.3) is 11.1 Å². The van der Waals surface area contributed by atoms with Crippen molar-refractivity contribution in [2.75, 3.05) is 5.32 Å². The van der Waals surface area contributed by atoms with Gasteiger partial charge in [-0.3, -0.25) is 14.9 Å². The van der Waals surface area contributed by atoms with E-state index in [-0.39, 0.29) is 23.6 Å². The molecule has 1 unspecified atom stereocenters. The van der Waals surface area contributed by atoms with E-state index < -0.39 is 0 Å². The molecule has 0 aliphatic heterocycles. The van der Waals surface area contributed by atoms with Gasteiger partial charge >= 0.3 is 0 Å². The fraction of sp³-hybridized carbons (Fsp3) is 0.143. The Hall–Kier alpha value is -4.12. The number of carbonyl (C=O) groups excluding carboxylic acids is 2. The van der Waals surface area contributed by atoms with Gasteiger partial charge in [0.15, 0.2) is 5.78 Å². The molecule has 0 radical (unpaired) electrons. The third-order valence-corrected chi connectivity index (χ3v) is 6.07. The van der Waals surface area contributed by atoms with Gasteiger partial charge in [0.25, 0.3) is 5.91 Å². The van der Waals surface area contributed by atoms with Gasteiger partial charge in [-0.05, 0) is 48.1 Å². The minimum atomic E-state index is -0.285. The smallest absolute Gasteiger partial charge is 0.258 e. The zero-order valence-electron chi connectivity index (χ0n) is 18.3. The molecule has 4 aromatic rings. The van der Waals surface area contributed by atoms with E-state index in [1.54, 1.807) is 12.1 Å². The summed E-state index contributed by atoms with van der Waals surface area (Å²) in [6.45, 7) is 2.04. The van der Waals surface area contributed by atoms with E-state index in [1.165, 1.54) is 11.8 Å². The first-order chi connectivity index (χ1) is 16.1. The molecule has 1 amide bonds. The lowest BCUT2D eigenvalue weighted by Gasteiger charge is -2.23. The number of fused-ring (bicyclic) bond motifs is 1. The van der Waals surface area contributed by atoms with Gasteiger partial charge < -0.3 is 0 Å². The highest BCUT2D eigenvalue weighted by Gasteiger charge is 2.28. The molecule has 0 bridgehead atoms. The summed E-state index contributed by atoms with van der Waals surface area (Å²) in [5, 5.41) is 2.77. The second-order valence-corrected chi connectivity index (χ2v) is 8.39. The molecule has 162 valence electrons. The van der Waals surface area contributed by atoms with E-state index in [9.17, 15) is 9.59 Å². The summed E-state index contributed by atoms with van der Waals surface area (Å²) in [6, 6.07) is 25.7. The van der Waals surface area contributed by atoms with Crippen LogP contribution < -0.4 is 5.32 Å². The van der Waals surface area contributed by atoms with E-state index in [4.69, 9.17) is 0 Å². The lowest BCUT2D eigenvalue weighted by atomic mass is 9.82. The number of aryl methyl sites for hydroxylation is 1. The van der Waals surface area contributed by atoms with Gasteiger partial charge in [-0.2, -0.15) is 0 Å². The fourth-order valence-corrected chi connectivity index (χ4v) is 4.20. The fourth-order valence-electron chi connectivity index (χ4n) is 4.20. The molecule has 0 saturated heterocycles. The van der Waals surface area contributed by atoms with Crippen molar-refractivity contribution < 1.29 is 9.59 Å². The summed E-state index contributed by atoms with van der Waals surface area (Å²) in [6.07, 6.45) is 2.62. The van der Waals surface area contributed by atoms with Gasteiger partial charge in [0.1, 0.15) is 0 Å². The SMILES string of the molecule is Cc1ccc(C2CC(=O)c3cnc(NC(=O)c4ccc(-c5ccccc5)cc4)nc3C2)cc1. The number of ketones is 1. The summed E-state index contributed by atoms with van der Waals surface area (Å²) < 4.78 is 0. The average molecular weight is 434 g/mol. The number of rotatable bonds is 4. The molecular formula is C28H23N3O2. The number of amides is 1. The molecule has 5 heteroatoms. The second kappa shape index (κ2) is 8.79. The highest BCUT2D eigenvalue weighted by molar-refractivity contribution is 6.04. The Morgan fingerprint density at radius 1 is 0.879 bits per heavy atom. The molecule has 1 aliphatic rings. The first kappa shape index (κ1) is 20.8. The largest absolute Gasteiger partial charge is 0.294 e. The van der Waals surface area contributed by atoms with Crippen LogP contribution in [0.4, 0.5) is 5.95 Å². The van der Waals surface area contributed by atoms with E-state index in [1.807, 2.05) is 49.4 Å². The van der Waals surface area contributed by atoms with E-state index in [2.05, 4.69) is 39.6 Å². The van der Waals surface area contributed by atoms with E-state index >= 15 is 0 Å². The molecule has 1 heterocycles. The molecule has 1 atom stereocenters. The van der Waals surface area contributed by atoms with Crippen LogP contribution in [-0.4, -0.2) is 21.7 Å². The van der Waals surface area contributed by atoms with Gasteiger partial charge in [0.2, 0.25) is 5.95 Å². The zero-order valence-corrected chi connectivity index (χ0v) is 18.3. The predicted octanol–water partition coefficient (Wildman–Crippen LogP) is 5.62. The van der Waals surface area contributed by atoms with Gasteiger partial charge in [-0.15, -0.1) is 0 Å². The predicted molar refractivity (Wildman–Crippen MR) is 128 cm³/mol. The third-order valence-electron chi connectivity index (χ3n) is 6.07. The van der Waals surface area contributed by atoms with E-state index in [0.717, 1.165) is 16.7 Å². The van der Waals surface area contributed by atoms with Crippen molar-refractivity contribution in [1.82, 2.24) is 9.97 Å². The topological polar surface area (TPSA) is 72.0 Å². The zero-order chi connectivity index (χ0) is 22.8. The number of hydrogen-bond acceptors (Lipinski definition) is 4. The third kappa shape index (κ3) is 4.44. The molecule has 0 saturated carbocycles. The van der Waals surface area contributed by atoms with Crippen LogP contribution in [0.3, 0.4) is 0 Å². The number of carbonyl (C=O) groups is 2. The molecule has 0 fully saturated rings. The van der Waals surface area contributed by atoms with Crippen LogP contribution >= 0.6 is 0 Å². The minimum absolute atomic E-state index is 0.0382. The van der Waals surface area contributed by atoms with Gasteiger partial charge in [0, 0.05) is 18.2 Å². The molecule has 0 spiro atoms. The number of Topliss-reactive ketones (excluding diaryl/α,β-unsaturated/α-hetero) is 1. The Labute approximate surface area is 192 Å². The maximum Gasteiger partial charge on any atom is 0.258 e. The van der Waals surface area contributed by atoms with Gasteiger partial charge in [0.05, 0.1) is 11.3 Å². The standard InChI is InChI=1S/C28H23N3O2/c1-18-7-9-21(10-8-18)23-15-25-24(26(32)16-23)17-29-28(30-25)31-27(33)22-13-11-20(12-14-22)19-5-3-2-4-6-19/h2-14,17,23H,15-16H2,1H3,(H,29,30,31,33). The maximum absolute atomic E-state index is 12.8. The van der Waals surface area contributed by atoms with Crippen molar-refractivity contribution in [2.24, 2.45) is 0 Å². The van der Waals surface area contributed by atoms with Crippen LogP contribution in [0.15, 0.2) is 85.1 Å². The molecule has 33 heavy (non-hydrogen) atoms. The van der Waals surface area contributed by atoms with Crippen LogP contribution in [0.1, 0.15) is 49.9 Å². The van der Waals surface area contributed by atoms with Crippen LogP contribution in [0.2, 0.25) is 0 Å². The number of benzene rings is 3. The van der Waals surface area contributed by atoms with Gasteiger partial charge in [-0.25, -0.2) is 9.97 Å². The lowest BCUT2D eigenvalue weighted by Crippen LogP contribution is -2.22. The quantitative estimate of drug-likeness (QED) is 0.454. The summed E-state index contributed by atoms with van der Waals surface area (Å²) >= 11 is 0.